The van der Waals surface area contributed by atoms with Crippen LogP contribution >= 0.6 is 11.3 Å². The van der Waals surface area contributed by atoms with Gasteiger partial charge in [0.15, 0.2) is 5.13 Å². The van der Waals surface area contributed by atoms with Crippen LogP contribution in [0.3, 0.4) is 0 Å². The number of hydrogen-bond donors (Lipinski definition) is 2. The zero-order chi connectivity index (χ0) is 29.6. The van der Waals surface area contributed by atoms with Crippen LogP contribution in [0, 0.1) is 22.9 Å². The summed E-state index contributed by atoms with van der Waals surface area (Å²) in [5, 5.41) is 13.1. The Balaban J connectivity index is 1.83. The zero-order valence-corrected chi connectivity index (χ0v) is 23.9. The van der Waals surface area contributed by atoms with E-state index in [1.54, 1.807) is 23.6 Å². The first kappa shape index (κ1) is 31.0. The highest BCUT2D eigenvalue weighted by molar-refractivity contribution is 7.14. The minimum absolute atomic E-state index is 0.111. The van der Waals surface area contributed by atoms with E-state index in [0.29, 0.717) is 17.9 Å². The van der Waals surface area contributed by atoms with E-state index >= 15 is 4.39 Å². The van der Waals surface area contributed by atoms with Gasteiger partial charge in [-0.3, -0.25) is 10.1 Å². The summed E-state index contributed by atoms with van der Waals surface area (Å²) in [6.07, 6.45) is 3.33. The Morgan fingerprint density at radius 3 is 2.42 bits per heavy atom. The minimum atomic E-state index is -1.32. The number of halogens is 3. The van der Waals surface area contributed by atoms with Gasteiger partial charge in [0.05, 0.1) is 11.8 Å². The fraction of sp³-hybridized carbons (Fsp3) is 0.367. The molecule has 0 aliphatic carbocycles. The summed E-state index contributed by atoms with van der Waals surface area (Å²) >= 11 is 1.04. The van der Waals surface area contributed by atoms with E-state index in [1.807, 2.05) is 20.8 Å². The van der Waals surface area contributed by atoms with Gasteiger partial charge >= 0.3 is 5.97 Å². The molecule has 0 bridgehead atoms. The number of aliphatic carboxylic acids is 1. The number of amides is 1. The molecule has 1 aromatic heterocycles. The molecule has 0 fully saturated rings. The predicted octanol–water partition coefficient (Wildman–Crippen LogP) is 8.26. The number of carboxylic acids is 1. The molecule has 40 heavy (non-hydrogen) atoms. The summed E-state index contributed by atoms with van der Waals surface area (Å²) < 4.78 is 50.9. The normalized spacial score (nSPS) is 12.8. The van der Waals surface area contributed by atoms with Crippen LogP contribution in [0.1, 0.15) is 81.5 Å². The lowest BCUT2D eigenvalue weighted by Gasteiger charge is -2.31. The first-order valence-corrected chi connectivity index (χ1v) is 13.8. The number of aromatic nitrogens is 1. The predicted molar refractivity (Wildman–Crippen MR) is 151 cm³/mol. The monoisotopic (exact) mass is 574 g/mol. The first-order chi connectivity index (χ1) is 18.8. The van der Waals surface area contributed by atoms with Crippen LogP contribution in [-0.2, 0) is 9.53 Å². The fourth-order valence-electron chi connectivity index (χ4n) is 4.07. The maximum atomic E-state index is 15.8. The highest BCUT2D eigenvalue weighted by atomic mass is 32.1. The summed E-state index contributed by atoms with van der Waals surface area (Å²) in [6.45, 7) is 9.78. The van der Waals surface area contributed by atoms with Gasteiger partial charge in [-0.05, 0) is 43.0 Å². The minimum Gasteiger partial charge on any atom is -0.478 e. The van der Waals surface area contributed by atoms with Crippen LogP contribution in [0.4, 0.5) is 18.3 Å². The lowest BCUT2D eigenvalue weighted by Crippen LogP contribution is -2.23. The second kappa shape index (κ2) is 13.2. The molecule has 0 saturated carbocycles. The first-order valence-electron chi connectivity index (χ1n) is 12.9. The number of benzene rings is 2. The molecule has 0 radical (unpaired) electrons. The molecule has 0 aliphatic rings. The molecule has 2 N–H and O–H groups in total. The van der Waals surface area contributed by atoms with Crippen molar-refractivity contribution in [3.05, 3.63) is 75.4 Å². The quantitative estimate of drug-likeness (QED) is 0.178. The van der Waals surface area contributed by atoms with Crippen molar-refractivity contribution < 1.29 is 32.6 Å². The number of nitrogens with one attached hydrogen (secondary N) is 1. The smallest absolute Gasteiger partial charge is 0.331 e. The van der Waals surface area contributed by atoms with E-state index < -0.39 is 41.0 Å². The third-order valence-electron chi connectivity index (χ3n) is 6.17. The van der Waals surface area contributed by atoms with Gasteiger partial charge in [-0.1, -0.05) is 52.7 Å². The number of carbonyl (C=O) groups excluding carboxylic acids is 1. The molecule has 6 nitrogen and oxygen atoms in total. The van der Waals surface area contributed by atoms with Crippen molar-refractivity contribution in [1.82, 2.24) is 4.98 Å². The Labute approximate surface area is 235 Å². The van der Waals surface area contributed by atoms with Crippen molar-refractivity contribution in [2.45, 2.75) is 60.0 Å². The van der Waals surface area contributed by atoms with Crippen LogP contribution in [-0.4, -0.2) is 28.6 Å². The lowest BCUT2D eigenvalue weighted by atomic mass is 9.83. The highest BCUT2D eigenvalue weighted by Crippen LogP contribution is 2.40. The number of nitrogens with zero attached hydrogens (tertiary/aromatic N) is 1. The molecule has 0 saturated heterocycles. The maximum absolute atomic E-state index is 15.8. The third-order valence-corrected chi connectivity index (χ3v) is 6.93. The molecular formula is C30H33F3N2O4S. The maximum Gasteiger partial charge on any atom is 0.331 e. The summed E-state index contributed by atoms with van der Waals surface area (Å²) in [6, 6.07) is 6.64. The van der Waals surface area contributed by atoms with Gasteiger partial charge in [-0.15, -0.1) is 11.3 Å². The van der Waals surface area contributed by atoms with Crippen LogP contribution < -0.4 is 5.32 Å². The van der Waals surface area contributed by atoms with Crippen LogP contribution in [0.5, 0.6) is 0 Å². The van der Waals surface area contributed by atoms with E-state index in [1.165, 1.54) is 6.92 Å². The van der Waals surface area contributed by atoms with Gasteiger partial charge in [0.1, 0.15) is 17.5 Å². The number of ether oxygens (including phenoxy) is 1. The van der Waals surface area contributed by atoms with Gasteiger partial charge in [0, 0.05) is 39.8 Å². The number of carboxylic acid groups (broad SMARTS) is 1. The molecule has 3 aromatic rings. The zero-order valence-electron chi connectivity index (χ0n) is 23.1. The van der Waals surface area contributed by atoms with Gasteiger partial charge in [-0.25, -0.2) is 22.9 Å². The molecule has 1 atom stereocenters. The van der Waals surface area contributed by atoms with Crippen molar-refractivity contribution >= 4 is 34.4 Å². The number of carbonyl (C=O) groups is 2. The SMILES string of the molecule is CCCCCOC(c1cccc(-c2csc(NC(=O)c3cc(F)c(C=C(C)C(=O)O)c(F)c3)n2)c1F)C(C)(C)C. The summed E-state index contributed by atoms with van der Waals surface area (Å²) in [4.78, 5) is 28.0. The van der Waals surface area contributed by atoms with Gasteiger partial charge in [-0.2, -0.15) is 0 Å². The summed E-state index contributed by atoms with van der Waals surface area (Å²) in [5.41, 5.74) is -0.570. The highest BCUT2D eigenvalue weighted by Gasteiger charge is 2.30. The Morgan fingerprint density at radius 2 is 1.82 bits per heavy atom. The van der Waals surface area contributed by atoms with E-state index in [9.17, 15) is 18.4 Å². The second-order valence-electron chi connectivity index (χ2n) is 10.5. The second-order valence-corrected chi connectivity index (χ2v) is 11.4. The van der Waals surface area contributed by atoms with Crippen LogP contribution in [0.2, 0.25) is 0 Å². The molecule has 0 spiro atoms. The van der Waals surface area contributed by atoms with Crippen molar-refractivity contribution in [1.29, 1.82) is 0 Å². The van der Waals surface area contributed by atoms with Crippen molar-refractivity contribution in [3.8, 4) is 11.3 Å². The lowest BCUT2D eigenvalue weighted by molar-refractivity contribution is -0.132. The van der Waals surface area contributed by atoms with Gasteiger partial charge < -0.3 is 9.84 Å². The third kappa shape index (κ3) is 7.57. The fourth-order valence-corrected chi connectivity index (χ4v) is 4.77. The molecule has 1 unspecified atom stereocenters. The molecule has 214 valence electrons. The topological polar surface area (TPSA) is 88.5 Å². The van der Waals surface area contributed by atoms with E-state index in [4.69, 9.17) is 9.84 Å². The van der Waals surface area contributed by atoms with E-state index in [-0.39, 0.29) is 27.2 Å². The molecule has 10 heteroatoms. The van der Waals surface area contributed by atoms with Gasteiger partial charge in [0.25, 0.3) is 5.91 Å². The standard InChI is InChI=1S/C30H33F3N2O4S/c1-6-7-8-12-39-26(30(3,4)5)20-11-9-10-19(25(20)33)24-16-40-29(34-24)35-27(36)18-14-22(31)21(23(32)15-18)13-17(2)28(37)38/h9-11,13-16,26H,6-8,12H2,1-5H3,(H,37,38)(H,34,35,36). The number of thiazole rings is 1. The van der Waals surface area contributed by atoms with Crippen molar-refractivity contribution in [2.24, 2.45) is 5.41 Å². The molecule has 1 amide bonds. The molecule has 3 rings (SSSR count). The molecule has 1 heterocycles. The van der Waals surface area contributed by atoms with Crippen molar-refractivity contribution in [3.63, 3.8) is 0 Å². The average Bonchev–Trinajstić information content (AvgIpc) is 3.33. The van der Waals surface area contributed by atoms with E-state index in [0.717, 1.165) is 48.8 Å². The number of rotatable bonds is 11. The van der Waals surface area contributed by atoms with Gasteiger partial charge in [0.2, 0.25) is 0 Å². The summed E-state index contributed by atoms with van der Waals surface area (Å²) in [7, 11) is 0. The Hall–Kier alpha value is -3.50. The average molecular weight is 575 g/mol. The Morgan fingerprint density at radius 1 is 1.15 bits per heavy atom. The number of unbranched alkanes of at least 4 members (excludes halogenated alkanes) is 2. The number of anilines is 1. The van der Waals surface area contributed by atoms with Crippen LogP contribution in [0.25, 0.3) is 17.3 Å². The number of hydrogen-bond acceptors (Lipinski definition) is 5. The van der Waals surface area contributed by atoms with E-state index in [2.05, 4.69) is 17.2 Å². The molecular weight excluding hydrogens is 541 g/mol. The van der Waals surface area contributed by atoms with Crippen LogP contribution in [0.15, 0.2) is 41.3 Å². The summed E-state index contributed by atoms with van der Waals surface area (Å²) in [5.74, 6) is -4.79. The Kier molecular flexibility index (Phi) is 10.3. The van der Waals surface area contributed by atoms with Crippen molar-refractivity contribution in [2.75, 3.05) is 11.9 Å². The molecule has 0 aliphatic heterocycles. The molecule has 2 aromatic carbocycles. The largest absolute Gasteiger partial charge is 0.478 e. The Bertz CT molecular complexity index is 1390.